The molecule has 0 atom stereocenters. The number of ether oxygens (including phenoxy) is 1. The summed E-state index contributed by atoms with van der Waals surface area (Å²) in [6.45, 7) is 4.03. The Labute approximate surface area is 104 Å². The predicted molar refractivity (Wildman–Crippen MR) is 65.4 cm³/mol. The van der Waals surface area contributed by atoms with Crippen molar-refractivity contribution in [1.82, 2.24) is 9.55 Å². The zero-order chi connectivity index (χ0) is 13.1. The molecule has 0 aliphatic heterocycles. The molecule has 94 valence electrons. The van der Waals surface area contributed by atoms with Gasteiger partial charge in [-0.3, -0.25) is 4.79 Å². The van der Waals surface area contributed by atoms with Crippen LogP contribution < -0.4 is 10.3 Å². The van der Waals surface area contributed by atoms with Crippen molar-refractivity contribution in [3.05, 3.63) is 52.3 Å². The summed E-state index contributed by atoms with van der Waals surface area (Å²) >= 11 is 0. The second kappa shape index (κ2) is 5.00. The molecule has 0 N–H and O–H groups in total. The summed E-state index contributed by atoms with van der Waals surface area (Å²) in [6, 6.07) is 4.43. The highest BCUT2D eigenvalue weighted by molar-refractivity contribution is 5.30. The number of nitrogens with zero attached hydrogens (tertiary/aromatic N) is 2. The largest absolute Gasteiger partial charge is 0.435 e. The average Bonchev–Trinajstić information content (AvgIpc) is 2.36. The Balaban J connectivity index is 2.34. The molecule has 0 aliphatic carbocycles. The van der Waals surface area contributed by atoms with E-state index in [9.17, 15) is 9.18 Å². The first-order chi connectivity index (χ1) is 8.61. The molecular weight excluding hydrogens is 235 g/mol. The normalized spacial score (nSPS) is 10.4. The van der Waals surface area contributed by atoms with Crippen LogP contribution in [0, 0.1) is 12.7 Å². The molecule has 2 aromatic rings. The van der Waals surface area contributed by atoms with E-state index in [0.717, 1.165) is 0 Å². The molecule has 0 radical (unpaired) electrons. The lowest BCUT2D eigenvalue weighted by Gasteiger charge is -2.07. The lowest BCUT2D eigenvalue weighted by atomic mass is 10.2. The quantitative estimate of drug-likeness (QED) is 0.838. The fraction of sp³-hybridized carbons (Fsp3) is 0.231. The van der Waals surface area contributed by atoms with Gasteiger partial charge in [-0.2, -0.15) is 0 Å². The van der Waals surface area contributed by atoms with E-state index in [0.29, 0.717) is 12.1 Å². The number of hydrogen-bond acceptors (Lipinski definition) is 3. The maximum Gasteiger partial charge on any atom is 0.313 e. The molecule has 1 aromatic heterocycles. The zero-order valence-electron chi connectivity index (χ0n) is 10.2. The summed E-state index contributed by atoms with van der Waals surface area (Å²) in [4.78, 5) is 15.7. The second-order valence-corrected chi connectivity index (χ2v) is 3.84. The van der Waals surface area contributed by atoms with E-state index < -0.39 is 0 Å². The van der Waals surface area contributed by atoms with E-state index >= 15 is 0 Å². The minimum atomic E-state index is -0.376. The van der Waals surface area contributed by atoms with E-state index in [1.165, 1.54) is 16.8 Å². The van der Waals surface area contributed by atoms with Crippen LogP contribution in [0.25, 0.3) is 0 Å². The third-order valence-electron chi connectivity index (χ3n) is 2.58. The maximum absolute atomic E-state index is 13.3. The van der Waals surface area contributed by atoms with Gasteiger partial charge in [-0.15, -0.1) is 0 Å². The fourth-order valence-electron chi connectivity index (χ4n) is 1.49. The molecule has 0 amide bonds. The van der Waals surface area contributed by atoms with Crippen LogP contribution in [-0.4, -0.2) is 9.55 Å². The van der Waals surface area contributed by atoms with Crippen LogP contribution >= 0.6 is 0 Å². The summed E-state index contributed by atoms with van der Waals surface area (Å²) in [6.07, 6.45) is 3.05. The molecule has 0 fully saturated rings. The van der Waals surface area contributed by atoms with Gasteiger partial charge < -0.3 is 9.30 Å². The molecule has 1 aromatic carbocycles. The molecule has 1 heterocycles. The average molecular weight is 248 g/mol. The van der Waals surface area contributed by atoms with Crippen molar-refractivity contribution in [2.75, 3.05) is 0 Å². The first kappa shape index (κ1) is 12.3. The Morgan fingerprint density at radius 2 is 2.22 bits per heavy atom. The lowest BCUT2D eigenvalue weighted by molar-refractivity contribution is 0.441. The van der Waals surface area contributed by atoms with Crippen molar-refractivity contribution in [3.8, 4) is 11.6 Å². The van der Waals surface area contributed by atoms with Crippen molar-refractivity contribution in [3.63, 3.8) is 0 Å². The van der Waals surface area contributed by atoms with Gasteiger partial charge in [0.05, 0.1) is 0 Å². The second-order valence-electron chi connectivity index (χ2n) is 3.84. The van der Waals surface area contributed by atoms with Gasteiger partial charge in [-0.05, 0) is 25.5 Å². The molecule has 0 saturated heterocycles. The van der Waals surface area contributed by atoms with Crippen LogP contribution in [0.4, 0.5) is 4.39 Å². The van der Waals surface area contributed by atoms with Crippen LogP contribution in [0.5, 0.6) is 11.6 Å². The van der Waals surface area contributed by atoms with Gasteiger partial charge in [0.2, 0.25) is 0 Å². The minimum Gasteiger partial charge on any atom is -0.435 e. The fourth-order valence-corrected chi connectivity index (χ4v) is 1.49. The number of aryl methyl sites for hydroxylation is 2. The van der Waals surface area contributed by atoms with Crippen molar-refractivity contribution in [1.29, 1.82) is 0 Å². The van der Waals surface area contributed by atoms with E-state index in [1.54, 1.807) is 25.3 Å². The topological polar surface area (TPSA) is 44.1 Å². The van der Waals surface area contributed by atoms with Crippen molar-refractivity contribution in [2.24, 2.45) is 0 Å². The standard InChI is InChI=1S/C13H13FN2O2/c1-3-16-7-6-15-12(13(16)17)18-10-5-4-9(2)11(14)8-10/h4-8H,3H2,1-2H3. The monoisotopic (exact) mass is 248 g/mol. The van der Waals surface area contributed by atoms with Gasteiger partial charge in [0.15, 0.2) is 0 Å². The molecule has 0 bridgehead atoms. The molecule has 0 aliphatic rings. The van der Waals surface area contributed by atoms with Crippen molar-refractivity contribution in [2.45, 2.75) is 20.4 Å². The highest BCUT2D eigenvalue weighted by Crippen LogP contribution is 2.19. The summed E-state index contributed by atoms with van der Waals surface area (Å²) in [5.41, 5.74) is 0.190. The number of benzene rings is 1. The zero-order valence-corrected chi connectivity index (χ0v) is 10.2. The Morgan fingerprint density at radius 3 is 2.89 bits per heavy atom. The van der Waals surface area contributed by atoms with Gasteiger partial charge >= 0.3 is 5.56 Å². The van der Waals surface area contributed by atoms with Crippen LogP contribution in [0.1, 0.15) is 12.5 Å². The number of aromatic nitrogens is 2. The third-order valence-corrected chi connectivity index (χ3v) is 2.58. The van der Waals surface area contributed by atoms with Crippen LogP contribution in [0.2, 0.25) is 0 Å². The lowest BCUT2D eigenvalue weighted by Crippen LogP contribution is -2.20. The molecule has 0 saturated carbocycles. The summed E-state index contributed by atoms with van der Waals surface area (Å²) < 4.78 is 20.1. The molecule has 0 spiro atoms. The Morgan fingerprint density at radius 1 is 1.44 bits per heavy atom. The van der Waals surface area contributed by atoms with Crippen LogP contribution in [0.3, 0.4) is 0 Å². The number of halogens is 1. The minimum absolute atomic E-state index is 0.0531. The molecule has 2 rings (SSSR count). The van der Waals surface area contributed by atoms with Gasteiger partial charge in [-0.1, -0.05) is 6.07 Å². The van der Waals surface area contributed by atoms with E-state index in [2.05, 4.69) is 4.98 Å². The first-order valence-electron chi connectivity index (χ1n) is 5.61. The summed E-state index contributed by atoms with van der Waals surface area (Å²) in [5, 5.41) is 0. The highest BCUT2D eigenvalue weighted by Gasteiger charge is 2.07. The van der Waals surface area contributed by atoms with E-state index in [-0.39, 0.29) is 23.0 Å². The maximum atomic E-state index is 13.3. The van der Waals surface area contributed by atoms with Gasteiger partial charge in [-0.25, -0.2) is 9.37 Å². The summed E-state index contributed by atoms with van der Waals surface area (Å²) in [5.74, 6) is -0.168. The third kappa shape index (κ3) is 2.40. The van der Waals surface area contributed by atoms with Crippen LogP contribution in [-0.2, 0) is 6.54 Å². The molecule has 0 unspecified atom stereocenters. The Hall–Kier alpha value is -2.17. The molecule has 4 nitrogen and oxygen atoms in total. The smallest absolute Gasteiger partial charge is 0.313 e. The molecule has 18 heavy (non-hydrogen) atoms. The Kier molecular flexibility index (Phi) is 3.41. The first-order valence-corrected chi connectivity index (χ1v) is 5.61. The van der Waals surface area contributed by atoms with Crippen molar-refractivity contribution < 1.29 is 9.13 Å². The highest BCUT2D eigenvalue weighted by atomic mass is 19.1. The molecule has 5 heteroatoms. The van der Waals surface area contributed by atoms with Gasteiger partial charge in [0.25, 0.3) is 5.88 Å². The Bertz CT molecular complexity index is 623. The predicted octanol–water partition coefficient (Wildman–Crippen LogP) is 2.50. The van der Waals surface area contributed by atoms with Gasteiger partial charge in [0, 0.05) is 25.0 Å². The SMILES string of the molecule is CCn1ccnc(Oc2ccc(C)c(F)c2)c1=O. The van der Waals surface area contributed by atoms with E-state index in [1.807, 2.05) is 6.92 Å². The van der Waals surface area contributed by atoms with Crippen molar-refractivity contribution >= 4 is 0 Å². The molecular formula is C13H13FN2O2. The van der Waals surface area contributed by atoms with E-state index in [4.69, 9.17) is 4.74 Å². The number of hydrogen-bond donors (Lipinski definition) is 0. The van der Waals surface area contributed by atoms with Crippen LogP contribution in [0.15, 0.2) is 35.4 Å². The number of rotatable bonds is 3. The van der Waals surface area contributed by atoms with Gasteiger partial charge in [0.1, 0.15) is 11.6 Å². The summed E-state index contributed by atoms with van der Waals surface area (Å²) in [7, 11) is 0.